The molecule has 1 heterocycles. The van der Waals surface area contributed by atoms with Gasteiger partial charge in [-0.25, -0.2) is 0 Å². The van der Waals surface area contributed by atoms with E-state index in [0.717, 1.165) is 24.8 Å². The van der Waals surface area contributed by atoms with E-state index < -0.39 is 6.04 Å². The van der Waals surface area contributed by atoms with E-state index in [1.54, 1.807) is 12.1 Å². The first kappa shape index (κ1) is 29.6. The highest BCUT2D eigenvalue weighted by atomic mass is 35.5. The van der Waals surface area contributed by atoms with Crippen molar-refractivity contribution in [2.45, 2.75) is 65.0 Å². The van der Waals surface area contributed by atoms with Crippen LogP contribution in [0.5, 0.6) is 0 Å². The summed E-state index contributed by atoms with van der Waals surface area (Å²) in [6.07, 6.45) is 3.79. The predicted octanol–water partition coefficient (Wildman–Crippen LogP) is 2.41. The number of rotatable bonds is 4. The first-order chi connectivity index (χ1) is 17.3. The van der Waals surface area contributed by atoms with E-state index >= 15 is 0 Å². The van der Waals surface area contributed by atoms with E-state index in [2.05, 4.69) is 16.0 Å². The van der Waals surface area contributed by atoms with Crippen molar-refractivity contribution in [2.75, 3.05) is 32.8 Å². The summed E-state index contributed by atoms with van der Waals surface area (Å²) in [5, 5.41) is 9.10. The number of amides is 4. The second-order valence-electron chi connectivity index (χ2n) is 9.44. The lowest BCUT2D eigenvalue weighted by molar-refractivity contribution is -0.146. The van der Waals surface area contributed by atoms with Crippen LogP contribution in [-0.2, 0) is 30.5 Å². The van der Waals surface area contributed by atoms with Crippen molar-refractivity contribution in [3.05, 3.63) is 34.9 Å². The van der Waals surface area contributed by atoms with Gasteiger partial charge in [-0.1, -0.05) is 44.0 Å². The average Bonchev–Trinajstić information content (AvgIpc) is 2.83. The Labute approximate surface area is 218 Å². The highest BCUT2D eigenvalue weighted by Crippen LogP contribution is 2.18. The van der Waals surface area contributed by atoms with Gasteiger partial charge in [0, 0.05) is 37.6 Å². The molecule has 36 heavy (non-hydrogen) atoms. The average molecular weight is 523 g/mol. The molecule has 0 spiro atoms. The third kappa shape index (κ3) is 11.4. The minimum atomic E-state index is -0.693. The van der Waals surface area contributed by atoms with E-state index in [4.69, 9.17) is 16.3 Å². The maximum atomic E-state index is 13.3. The maximum absolute atomic E-state index is 13.3. The lowest BCUT2D eigenvalue weighted by atomic mass is 10.0. The summed E-state index contributed by atoms with van der Waals surface area (Å²) in [5.41, 5.74) is 0.833. The Morgan fingerprint density at radius 1 is 0.889 bits per heavy atom. The Morgan fingerprint density at radius 3 is 2.25 bits per heavy atom. The molecule has 2 rings (SSSR count). The van der Waals surface area contributed by atoms with Crippen LogP contribution in [0.25, 0.3) is 0 Å². The first-order valence-corrected chi connectivity index (χ1v) is 13.1. The van der Waals surface area contributed by atoms with Gasteiger partial charge in [-0.15, -0.1) is 0 Å². The number of carbonyl (C=O) groups is 4. The third-order valence-corrected chi connectivity index (χ3v) is 6.05. The van der Waals surface area contributed by atoms with E-state index in [1.807, 2.05) is 26.0 Å². The van der Waals surface area contributed by atoms with Gasteiger partial charge in [-0.2, -0.15) is 0 Å². The molecule has 1 saturated heterocycles. The fourth-order valence-electron chi connectivity index (χ4n) is 3.90. The third-order valence-electron chi connectivity index (χ3n) is 5.80. The zero-order valence-corrected chi connectivity index (χ0v) is 22.1. The van der Waals surface area contributed by atoms with Crippen LogP contribution in [0.2, 0.25) is 5.02 Å². The summed E-state index contributed by atoms with van der Waals surface area (Å²) in [5.74, 6) is -0.788. The molecule has 0 radical (unpaired) electrons. The number of halogens is 1. The molecule has 10 heteroatoms. The van der Waals surface area contributed by atoms with E-state index in [0.29, 0.717) is 43.9 Å². The number of ether oxygens (including phenoxy) is 1. The second kappa shape index (κ2) is 16.2. The summed E-state index contributed by atoms with van der Waals surface area (Å²) < 4.78 is 5.41. The summed E-state index contributed by atoms with van der Waals surface area (Å²) >= 11 is 6.02. The molecule has 0 saturated carbocycles. The standard InChI is InChI=1S/C26H39ClN4O5/c1-19(2)15-22-26(35)30-12-5-3-4-7-23(32)28-13-6-14-29-24(33)17-36-18-25(34)31(22)16-20-8-10-21(27)11-9-20/h8-11,19,22H,3-7,12-18H2,1-2H3,(H,28,32)(H,29,33)(H,30,35). The molecule has 1 aliphatic heterocycles. The van der Waals surface area contributed by atoms with Crippen LogP contribution in [0.1, 0.15) is 57.9 Å². The van der Waals surface area contributed by atoms with Crippen LogP contribution in [0, 0.1) is 5.92 Å². The highest BCUT2D eigenvalue weighted by Gasteiger charge is 2.30. The fraction of sp³-hybridized carbons (Fsp3) is 0.615. The van der Waals surface area contributed by atoms with Crippen LogP contribution < -0.4 is 16.0 Å². The number of nitrogens with zero attached hydrogens (tertiary/aromatic N) is 1. The minimum absolute atomic E-state index is 0.0172. The first-order valence-electron chi connectivity index (χ1n) is 12.7. The van der Waals surface area contributed by atoms with Crippen LogP contribution in [0.4, 0.5) is 0 Å². The number of benzene rings is 1. The topological polar surface area (TPSA) is 117 Å². The molecule has 1 atom stereocenters. The quantitative estimate of drug-likeness (QED) is 0.561. The monoisotopic (exact) mass is 522 g/mol. The molecule has 9 nitrogen and oxygen atoms in total. The summed E-state index contributed by atoms with van der Waals surface area (Å²) in [6.45, 7) is 4.97. The van der Waals surface area contributed by atoms with Crippen molar-refractivity contribution in [3.63, 3.8) is 0 Å². The Morgan fingerprint density at radius 2 is 1.56 bits per heavy atom. The van der Waals surface area contributed by atoms with Gasteiger partial charge >= 0.3 is 0 Å². The molecule has 0 aliphatic carbocycles. The maximum Gasteiger partial charge on any atom is 0.249 e. The molecular formula is C26H39ClN4O5. The van der Waals surface area contributed by atoms with Crippen molar-refractivity contribution >= 4 is 35.2 Å². The molecule has 1 aliphatic rings. The summed E-state index contributed by atoms with van der Waals surface area (Å²) in [4.78, 5) is 52.0. The SMILES string of the molecule is CC(C)CC1C(=O)NCCCCCC(=O)NCCCNC(=O)COCC(=O)N1Cc1ccc(Cl)cc1. The van der Waals surface area contributed by atoms with Gasteiger partial charge in [0.25, 0.3) is 0 Å². The Bertz CT molecular complexity index is 862. The second-order valence-corrected chi connectivity index (χ2v) is 9.88. The van der Waals surface area contributed by atoms with E-state index in [-0.39, 0.29) is 49.3 Å². The number of carbonyl (C=O) groups excluding carboxylic acids is 4. The Kier molecular flexibility index (Phi) is 13.3. The molecule has 1 aromatic rings. The predicted molar refractivity (Wildman–Crippen MR) is 138 cm³/mol. The van der Waals surface area contributed by atoms with Crippen molar-refractivity contribution in [3.8, 4) is 0 Å². The molecule has 4 amide bonds. The zero-order valence-electron chi connectivity index (χ0n) is 21.3. The van der Waals surface area contributed by atoms with Crippen molar-refractivity contribution < 1.29 is 23.9 Å². The lowest BCUT2D eigenvalue weighted by Gasteiger charge is -2.32. The molecular weight excluding hydrogens is 484 g/mol. The van der Waals surface area contributed by atoms with Gasteiger partial charge in [0.2, 0.25) is 23.6 Å². The minimum Gasteiger partial charge on any atom is -0.362 e. The normalized spacial score (nSPS) is 20.4. The van der Waals surface area contributed by atoms with Gasteiger partial charge in [-0.05, 0) is 49.3 Å². The lowest BCUT2D eigenvalue weighted by Crippen LogP contribution is -2.51. The van der Waals surface area contributed by atoms with Crippen LogP contribution >= 0.6 is 11.6 Å². The van der Waals surface area contributed by atoms with Gasteiger partial charge in [0.15, 0.2) is 0 Å². The largest absolute Gasteiger partial charge is 0.362 e. The van der Waals surface area contributed by atoms with Crippen LogP contribution in [0.3, 0.4) is 0 Å². The van der Waals surface area contributed by atoms with Crippen LogP contribution in [0.15, 0.2) is 24.3 Å². The van der Waals surface area contributed by atoms with E-state index in [1.165, 1.54) is 4.90 Å². The molecule has 0 bridgehead atoms. The molecule has 200 valence electrons. The van der Waals surface area contributed by atoms with Crippen LogP contribution in [-0.4, -0.2) is 67.4 Å². The molecule has 0 aromatic heterocycles. The fourth-order valence-corrected chi connectivity index (χ4v) is 4.02. The summed E-state index contributed by atoms with van der Waals surface area (Å²) in [6, 6.07) is 6.44. The Hall–Kier alpha value is -2.65. The molecule has 1 unspecified atom stereocenters. The van der Waals surface area contributed by atoms with Gasteiger partial charge in [-0.3, -0.25) is 19.2 Å². The number of hydrogen-bond acceptors (Lipinski definition) is 5. The van der Waals surface area contributed by atoms with Gasteiger partial charge < -0.3 is 25.6 Å². The smallest absolute Gasteiger partial charge is 0.249 e. The molecule has 1 fully saturated rings. The number of hydrogen-bond donors (Lipinski definition) is 3. The van der Waals surface area contributed by atoms with E-state index in [9.17, 15) is 19.2 Å². The molecule has 3 N–H and O–H groups in total. The summed E-state index contributed by atoms with van der Waals surface area (Å²) in [7, 11) is 0. The number of nitrogens with one attached hydrogen (secondary N) is 3. The van der Waals surface area contributed by atoms with Gasteiger partial charge in [0.1, 0.15) is 19.3 Å². The Balaban J connectivity index is 2.17. The van der Waals surface area contributed by atoms with Gasteiger partial charge in [0.05, 0.1) is 0 Å². The van der Waals surface area contributed by atoms with Crippen molar-refractivity contribution in [1.29, 1.82) is 0 Å². The van der Waals surface area contributed by atoms with Crippen molar-refractivity contribution in [1.82, 2.24) is 20.9 Å². The molecule has 1 aromatic carbocycles. The zero-order chi connectivity index (χ0) is 26.3. The highest BCUT2D eigenvalue weighted by molar-refractivity contribution is 6.30. The van der Waals surface area contributed by atoms with Crippen molar-refractivity contribution in [2.24, 2.45) is 5.92 Å².